The molecule has 3 atom stereocenters. The lowest BCUT2D eigenvalue weighted by molar-refractivity contribution is -0.0455. The summed E-state index contributed by atoms with van der Waals surface area (Å²) in [4.78, 5) is 0. The average Bonchev–Trinajstić information content (AvgIpc) is 2.44. The molecule has 2 aliphatic rings. The lowest BCUT2D eigenvalue weighted by Gasteiger charge is -2.38. The molecule has 0 aliphatic carbocycles. The molecule has 21 heavy (non-hydrogen) atoms. The predicted octanol–water partition coefficient (Wildman–Crippen LogP) is 0.804. The van der Waals surface area contributed by atoms with Crippen LogP contribution in [0, 0.1) is 0 Å². The average molecular weight is 319 g/mol. The van der Waals surface area contributed by atoms with Crippen molar-refractivity contribution in [2.24, 2.45) is 0 Å². The molecule has 2 rings (SSSR count). The van der Waals surface area contributed by atoms with E-state index >= 15 is 0 Å². The monoisotopic (exact) mass is 319 g/mol. The van der Waals surface area contributed by atoms with E-state index in [2.05, 4.69) is 5.32 Å². The fourth-order valence-electron chi connectivity index (χ4n) is 3.19. The van der Waals surface area contributed by atoms with Gasteiger partial charge in [0.25, 0.3) is 10.2 Å². The first-order valence-corrected chi connectivity index (χ1v) is 9.47. The quantitative estimate of drug-likeness (QED) is 0.814. The van der Waals surface area contributed by atoms with Gasteiger partial charge in [-0.3, -0.25) is 0 Å². The van der Waals surface area contributed by atoms with Crippen molar-refractivity contribution in [3.8, 4) is 0 Å². The van der Waals surface area contributed by atoms with Crippen LogP contribution in [0.2, 0.25) is 0 Å². The van der Waals surface area contributed by atoms with E-state index in [0.717, 1.165) is 13.0 Å². The van der Waals surface area contributed by atoms with E-state index < -0.39 is 10.2 Å². The Morgan fingerprint density at radius 2 is 1.90 bits per heavy atom. The molecule has 2 aliphatic heterocycles. The summed E-state index contributed by atoms with van der Waals surface area (Å²) in [5, 5.41) is 3.43. The van der Waals surface area contributed by atoms with Gasteiger partial charge in [0.15, 0.2) is 0 Å². The first kappa shape index (κ1) is 17.1. The van der Waals surface area contributed by atoms with Gasteiger partial charge < -0.3 is 10.1 Å². The van der Waals surface area contributed by atoms with E-state index in [-0.39, 0.29) is 18.2 Å². The van der Waals surface area contributed by atoms with E-state index in [4.69, 9.17) is 4.74 Å². The Morgan fingerprint density at radius 3 is 2.43 bits per heavy atom. The van der Waals surface area contributed by atoms with Crippen molar-refractivity contribution in [3.05, 3.63) is 0 Å². The minimum absolute atomic E-state index is 0.0463. The second-order valence-electron chi connectivity index (χ2n) is 6.18. The third kappa shape index (κ3) is 4.39. The third-order valence-electron chi connectivity index (χ3n) is 4.23. The zero-order chi connectivity index (χ0) is 15.5. The molecule has 1 N–H and O–H groups in total. The van der Waals surface area contributed by atoms with Crippen molar-refractivity contribution in [3.63, 3.8) is 0 Å². The van der Waals surface area contributed by atoms with Crippen molar-refractivity contribution in [1.82, 2.24) is 13.9 Å². The molecule has 2 heterocycles. The standard InChI is InChI=1S/C14H29N3O3S/c1-4-16(11-14-7-5-6-8-15-14)21(18,19)17-9-12(2)20-13(3)10-17/h12-15H,4-11H2,1-3H3. The van der Waals surface area contributed by atoms with E-state index in [0.29, 0.717) is 26.2 Å². The lowest BCUT2D eigenvalue weighted by atomic mass is 10.1. The van der Waals surface area contributed by atoms with Gasteiger partial charge in [-0.1, -0.05) is 13.3 Å². The number of hydrogen-bond donors (Lipinski definition) is 1. The van der Waals surface area contributed by atoms with E-state index in [1.165, 1.54) is 12.8 Å². The molecule has 2 saturated heterocycles. The van der Waals surface area contributed by atoms with Crippen LogP contribution in [0.5, 0.6) is 0 Å². The van der Waals surface area contributed by atoms with Gasteiger partial charge in [0.1, 0.15) is 0 Å². The highest BCUT2D eigenvalue weighted by Crippen LogP contribution is 2.19. The number of ether oxygens (including phenoxy) is 1. The molecule has 0 aromatic carbocycles. The molecule has 0 saturated carbocycles. The summed E-state index contributed by atoms with van der Waals surface area (Å²) in [6.07, 6.45) is 3.33. The van der Waals surface area contributed by atoms with Crippen LogP contribution in [-0.4, -0.2) is 68.0 Å². The molecule has 7 heteroatoms. The largest absolute Gasteiger partial charge is 0.373 e. The van der Waals surface area contributed by atoms with Crippen molar-refractivity contribution in [2.75, 3.05) is 32.7 Å². The molecule has 124 valence electrons. The highest BCUT2D eigenvalue weighted by Gasteiger charge is 2.35. The molecule has 0 aromatic rings. The van der Waals surface area contributed by atoms with Gasteiger partial charge in [-0.05, 0) is 33.2 Å². The maximum atomic E-state index is 12.9. The Hall–Kier alpha value is -0.210. The zero-order valence-electron chi connectivity index (χ0n) is 13.4. The topological polar surface area (TPSA) is 61.9 Å². The van der Waals surface area contributed by atoms with Gasteiger partial charge in [-0.25, -0.2) is 0 Å². The van der Waals surface area contributed by atoms with Crippen LogP contribution in [-0.2, 0) is 14.9 Å². The van der Waals surface area contributed by atoms with Crippen molar-refractivity contribution in [2.45, 2.75) is 58.3 Å². The smallest absolute Gasteiger partial charge is 0.282 e. The zero-order valence-corrected chi connectivity index (χ0v) is 14.2. The second-order valence-corrected chi connectivity index (χ2v) is 8.11. The number of nitrogens with one attached hydrogen (secondary N) is 1. The van der Waals surface area contributed by atoms with Crippen molar-refractivity contribution >= 4 is 10.2 Å². The Balaban J connectivity index is 2.03. The summed E-state index contributed by atoms with van der Waals surface area (Å²) in [5.41, 5.74) is 0. The first-order valence-electron chi connectivity index (χ1n) is 8.07. The van der Waals surface area contributed by atoms with Crippen LogP contribution in [0.25, 0.3) is 0 Å². The van der Waals surface area contributed by atoms with Crippen molar-refractivity contribution < 1.29 is 13.2 Å². The lowest BCUT2D eigenvalue weighted by Crippen LogP contribution is -2.55. The SMILES string of the molecule is CCN(CC1CCCCN1)S(=O)(=O)N1CC(C)OC(C)C1. The van der Waals surface area contributed by atoms with Crippen LogP contribution in [0.4, 0.5) is 0 Å². The van der Waals surface area contributed by atoms with E-state index in [9.17, 15) is 8.42 Å². The Labute approximate surface area is 129 Å². The summed E-state index contributed by atoms with van der Waals surface area (Å²) in [7, 11) is -3.39. The number of hydrogen-bond acceptors (Lipinski definition) is 4. The number of morpholine rings is 1. The molecule has 0 radical (unpaired) electrons. The highest BCUT2D eigenvalue weighted by atomic mass is 32.2. The van der Waals surface area contributed by atoms with Gasteiger partial charge >= 0.3 is 0 Å². The predicted molar refractivity (Wildman–Crippen MR) is 83.4 cm³/mol. The van der Waals surface area contributed by atoms with Crippen molar-refractivity contribution in [1.29, 1.82) is 0 Å². The Kier molecular flexibility index (Phi) is 6.02. The molecule has 3 unspecified atom stereocenters. The minimum atomic E-state index is -3.39. The Bertz CT molecular complexity index is 413. The fraction of sp³-hybridized carbons (Fsp3) is 1.00. The number of piperidine rings is 1. The third-order valence-corrected chi connectivity index (χ3v) is 6.24. The van der Waals surface area contributed by atoms with Gasteiger partial charge in [0, 0.05) is 32.2 Å². The molecular formula is C14H29N3O3S. The van der Waals surface area contributed by atoms with E-state index in [1.807, 2.05) is 20.8 Å². The maximum Gasteiger partial charge on any atom is 0.282 e. The van der Waals surface area contributed by atoms with Crippen LogP contribution in [0.15, 0.2) is 0 Å². The number of likely N-dealkylation sites (N-methyl/N-ethyl adjacent to an activating group) is 1. The molecule has 2 fully saturated rings. The summed E-state index contributed by atoms with van der Waals surface area (Å²) in [5.74, 6) is 0. The second kappa shape index (κ2) is 7.37. The molecule has 0 aromatic heterocycles. The van der Waals surface area contributed by atoms with Gasteiger partial charge in [0.2, 0.25) is 0 Å². The Morgan fingerprint density at radius 1 is 1.24 bits per heavy atom. The number of rotatable bonds is 5. The highest BCUT2D eigenvalue weighted by molar-refractivity contribution is 7.86. The van der Waals surface area contributed by atoms with Crippen LogP contribution >= 0.6 is 0 Å². The number of nitrogens with zero attached hydrogens (tertiary/aromatic N) is 2. The molecule has 0 bridgehead atoms. The van der Waals surface area contributed by atoms with E-state index in [1.54, 1.807) is 8.61 Å². The summed E-state index contributed by atoms with van der Waals surface area (Å²) in [6.45, 7) is 8.73. The fourth-order valence-corrected chi connectivity index (χ4v) is 5.01. The molecular weight excluding hydrogens is 290 g/mol. The van der Waals surface area contributed by atoms with Crippen LogP contribution < -0.4 is 5.32 Å². The van der Waals surface area contributed by atoms with Gasteiger partial charge in [-0.15, -0.1) is 0 Å². The molecule has 6 nitrogen and oxygen atoms in total. The first-order chi connectivity index (χ1) is 9.93. The van der Waals surface area contributed by atoms with Gasteiger partial charge in [0.05, 0.1) is 12.2 Å². The summed E-state index contributed by atoms with van der Waals surface area (Å²) >= 11 is 0. The molecule has 0 amide bonds. The van der Waals surface area contributed by atoms with Crippen LogP contribution in [0.1, 0.15) is 40.0 Å². The van der Waals surface area contributed by atoms with Crippen LogP contribution in [0.3, 0.4) is 0 Å². The van der Waals surface area contributed by atoms with Gasteiger partial charge in [-0.2, -0.15) is 17.0 Å². The normalized spacial score (nSPS) is 32.5. The summed E-state index contributed by atoms with van der Waals surface area (Å²) in [6, 6.07) is 0.282. The minimum Gasteiger partial charge on any atom is -0.373 e. The maximum absolute atomic E-state index is 12.9. The summed E-state index contributed by atoms with van der Waals surface area (Å²) < 4.78 is 34.5. The molecule has 0 spiro atoms.